The minimum atomic E-state index is -1.25. The molecule has 0 aliphatic carbocycles. The first-order chi connectivity index (χ1) is 17.5. The maximum atomic E-state index is 13.5. The molecule has 0 radical (unpaired) electrons. The van der Waals surface area contributed by atoms with Gasteiger partial charge in [0.1, 0.15) is 24.9 Å². The van der Waals surface area contributed by atoms with Gasteiger partial charge in [0.05, 0.1) is 38.5 Å². The number of halogens is 1. The first-order valence-corrected chi connectivity index (χ1v) is 11.9. The van der Waals surface area contributed by atoms with Crippen LogP contribution in [0.15, 0.2) is 4.99 Å². The minimum absolute atomic E-state index is 0.0154. The van der Waals surface area contributed by atoms with Crippen molar-refractivity contribution in [1.82, 2.24) is 20.9 Å². The highest BCUT2D eigenvalue weighted by atomic mass is 19.1. The molecular weight excluding hydrogens is 491 g/mol. The molecule has 1 fully saturated rings. The predicted molar refractivity (Wildman–Crippen MR) is 130 cm³/mol. The van der Waals surface area contributed by atoms with Gasteiger partial charge in [0.25, 0.3) is 0 Å². The highest BCUT2D eigenvalue weighted by Crippen LogP contribution is 2.20. The second kappa shape index (κ2) is 17.2. The third-order valence-corrected chi connectivity index (χ3v) is 5.18. The fourth-order valence-electron chi connectivity index (χ4n) is 3.37. The Balaban J connectivity index is 2.08. The summed E-state index contributed by atoms with van der Waals surface area (Å²) in [6, 6.07) is -0.582. The summed E-state index contributed by atoms with van der Waals surface area (Å²) in [5.41, 5.74) is 11.3. The van der Waals surface area contributed by atoms with Crippen LogP contribution in [-0.4, -0.2) is 105 Å². The second-order valence-corrected chi connectivity index (χ2v) is 8.41. The van der Waals surface area contributed by atoms with E-state index in [1.165, 1.54) is 13.8 Å². The summed E-state index contributed by atoms with van der Waals surface area (Å²) in [5, 5.41) is 16.5. The van der Waals surface area contributed by atoms with Crippen LogP contribution in [0.5, 0.6) is 0 Å². The molecule has 1 heterocycles. The van der Waals surface area contributed by atoms with Crippen molar-refractivity contribution in [3.8, 4) is 6.07 Å². The van der Waals surface area contributed by atoms with Crippen LogP contribution in [0, 0.1) is 11.3 Å². The molecule has 0 bridgehead atoms. The number of alkyl halides is 1. The first-order valence-electron chi connectivity index (χ1n) is 11.9. The van der Waals surface area contributed by atoms with E-state index in [-0.39, 0.29) is 63.7 Å². The number of hydrogen-bond donors (Lipinski definition) is 5. The fraction of sp³-hybridized carbons (Fsp3) is 0.727. The minimum Gasteiger partial charge on any atom is -0.377 e. The van der Waals surface area contributed by atoms with Gasteiger partial charge < -0.3 is 36.5 Å². The second-order valence-electron chi connectivity index (χ2n) is 8.41. The van der Waals surface area contributed by atoms with E-state index < -0.39 is 36.1 Å². The summed E-state index contributed by atoms with van der Waals surface area (Å²) in [5.74, 6) is -1.69. The molecule has 1 saturated heterocycles. The Labute approximate surface area is 215 Å². The molecule has 15 heteroatoms. The van der Waals surface area contributed by atoms with Crippen LogP contribution in [0.3, 0.4) is 0 Å². The van der Waals surface area contributed by atoms with Gasteiger partial charge in [-0.25, -0.2) is 4.39 Å². The van der Waals surface area contributed by atoms with E-state index in [1.807, 2.05) is 6.07 Å². The lowest BCUT2D eigenvalue weighted by atomic mass is 10.1. The van der Waals surface area contributed by atoms with Gasteiger partial charge >= 0.3 is 0 Å². The molecule has 0 aromatic rings. The molecule has 1 rings (SSSR count). The van der Waals surface area contributed by atoms with Crippen LogP contribution in [0.2, 0.25) is 0 Å². The van der Waals surface area contributed by atoms with E-state index in [0.717, 1.165) is 4.90 Å². The number of carbonyl (C=O) groups excluding carboxylic acids is 4. The Morgan fingerprint density at radius 2 is 1.95 bits per heavy atom. The molecule has 37 heavy (non-hydrogen) atoms. The highest BCUT2D eigenvalue weighted by Gasteiger charge is 2.37. The molecular formula is C22H37FN8O6. The molecule has 0 aromatic carbocycles. The van der Waals surface area contributed by atoms with Gasteiger partial charge in [-0.05, 0) is 19.8 Å². The maximum Gasteiger partial charge on any atom is 0.246 e. The quantitative estimate of drug-likeness (QED) is 0.0873. The standard InChI is InChI=1S/C22H37FN8O6/c1-14(21(35)31-12-16(23)10-17(31)11-24)29-19(33)13-37-9-8-36-7-6-27-20(34)18(25)4-3-5-28-22(26)30-15(2)32/h14,16-18H,3-10,12-13,25H2,1-2H3,(H,27,34)(H,29,33)(H3,26,28,30,32)/t14-,16?,17?,18+/m1/s1. The van der Waals surface area contributed by atoms with Gasteiger partial charge in [0, 0.05) is 26.4 Å². The summed E-state index contributed by atoms with van der Waals surface area (Å²) in [6.45, 7) is 3.36. The molecule has 4 atom stereocenters. The molecule has 0 aromatic heterocycles. The molecule has 1 aliphatic rings. The van der Waals surface area contributed by atoms with Crippen LogP contribution in [0.1, 0.15) is 33.1 Å². The normalized spacial score (nSPS) is 19.0. The van der Waals surface area contributed by atoms with Crippen LogP contribution in [-0.2, 0) is 28.7 Å². The van der Waals surface area contributed by atoms with Crippen molar-refractivity contribution in [3.63, 3.8) is 0 Å². The number of ether oxygens (including phenoxy) is 2. The Bertz CT molecular complexity index is 852. The number of hydrogen-bond acceptors (Lipinski definition) is 9. The SMILES string of the molecule is CC(=O)NC(N)=NCCC[C@H](N)C(=O)NCCOCCOCC(=O)N[C@H](C)C(=O)N1CC(F)CC1C#N. The van der Waals surface area contributed by atoms with E-state index in [4.69, 9.17) is 26.2 Å². The zero-order valence-corrected chi connectivity index (χ0v) is 21.2. The Morgan fingerprint density at radius 3 is 2.62 bits per heavy atom. The van der Waals surface area contributed by atoms with Crippen LogP contribution >= 0.6 is 0 Å². The number of nitrogens with two attached hydrogens (primary N) is 2. The van der Waals surface area contributed by atoms with Crippen molar-refractivity contribution < 1.29 is 33.0 Å². The molecule has 208 valence electrons. The molecule has 4 amide bonds. The van der Waals surface area contributed by atoms with E-state index >= 15 is 0 Å². The zero-order valence-electron chi connectivity index (χ0n) is 21.2. The van der Waals surface area contributed by atoms with Crippen LogP contribution in [0.4, 0.5) is 4.39 Å². The third kappa shape index (κ3) is 13.0. The van der Waals surface area contributed by atoms with Gasteiger partial charge in [-0.15, -0.1) is 0 Å². The van der Waals surface area contributed by atoms with Crippen molar-refractivity contribution >= 4 is 29.6 Å². The number of carbonyl (C=O) groups is 4. The molecule has 0 saturated carbocycles. The molecule has 14 nitrogen and oxygen atoms in total. The van der Waals surface area contributed by atoms with E-state index in [1.54, 1.807) is 0 Å². The Hall–Kier alpha value is -3.35. The van der Waals surface area contributed by atoms with Crippen LogP contribution < -0.4 is 27.4 Å². The zero-order chi connectivity index (χ0) is 27.8. The predicted octanol–water partition coefficient (Wildman–Crippen LogP) is -2.34. The van der Waals surface area contributed by atoms with Crippen LogP contribution in [0.25, 0.3) is 0 Å². The van der Waals surface area contributed by atoms with Crippen molar-refractivity contribution in [1.29, 1.82) is 5.26 Å². The molecule has 1 aliphatic heterocycles. The number of amides is 4. The van der Waals surface area contributed by atoms with Crippen molar-refractivity contribution in [2.75, 3.05) is 46.1 Å². The lowest BCUT2D eigenvalue weighted by molar-refractivity contribution is -0.137. The number of nitriles is 1. The topological polar surface area (TPSA) is 214 Å². The number of nitrogens with zero attached hydrogens (tertiary/aromatic N) is 3. The van der Waals surface area contributed by atoms with Gasteiger partial charge in [-0.2, -0.15) is 5.26 Å². The van der Waals surface area contributed by atoms with Crippen molar-refractivity contribution in [2.45, 2.75) is 57.4 Å². The Morgan fingerprint density at radius 1 is 1.24 bits per heavy atom. The summed E-state index contributed by atoms with van der Waals surface area (Å²) in [4.78, 5) is 52.2. The number of rotatable bonds is 15. The van der Waals surface area contributed by atoms with E-state index in [0.29, 0.717) is 19.4 Å². The van der Waals surface area contributed by atoms with Gasteiger partial charge in [0.2, 0.25) is 23.6 Å². The van der Waals surface area contributed by atoms with Gasteiger partial charge in [-0.1, -0.05) is 0 Å². The van der Waals surface area contributed by atoms with Crippen molar-refractivity contribution in [3.05, 3.63) is 0 Å². The first kappa shape index (κ1) is 31.7. The molecule has 0 spiro atoms. The smallest absolute Gasteiger partial charge is 0.246 e. The molecule has 2 unspecified atom stereocenters. The fourth-order valence-corrected chi connectivity index (χ4v) is 3.37. The Kier molecular flexibility index (Phi) is 14.7. The maximum absolute atomic E-state index is 13.5. The third-order valence-electron chi connectivity index (χ3n) is 5.18. The number of nitrogens with one attached hydrogen (secondary N) is 3. The number of aliphatic imine (C=N–C) groups is 1. The van der Waals surface area contributed by atoms with E-state index in [2.05, 4.69) is 20.9 Å². The van der Waals surface area contributed by atoms with Crippen molar-refractivity contribution in [2.24, 2.45) is 16.5 Å². The highest BCUT2D eigenvalue weighted by molar-refractivity contribution is 5.94. The summed E-state index contributed by atoms with van der Waals surface area (Å²) < 4.78 is 24.0. The van der Waals surface area contributed by atoms with Gasteiger partial charge in [0.15, 0.2) is 5.96 Å². The number of guanidine groups is 1. The summed E-state index contributed by atoms with van der Waals surface area (Å²) >= 11 is 0. The summed E-state index contributed by atoms with van der Waals surface area (Å²) in [7, 11) is 0. The lowest BCUT2D eigenvalue weighted by Gasteiger charge is -2.23. The average molecular weight is 529 g/mol. The van der Waals surface area contributed by atoms with Gasteiger partial charge in [-0.3, -0.25) is 29.5 Å². The summed E-state index contributed by atoms with van der Waals surface area (Å²) in [6.07, 6.45) is -0.383. The molecule has 7 N–H and O–H groups in total. The monoisotopic (exact) mass is 528 g/mol. The van der Waals surface area contributed by atoms with E-state index in [9.17, 15) is 23.6 Å². The average Bonchev–Trinajstić information content (AvgIpc) is 3.22. The largest absolute Gasteiger partial charge is 0.377 e. The number of likely N-dealkylation sites (tertiary alicyclic amines) is 1. The lowest BCUT2D eigenvalue weighted by Crippen LogP contribution is -2.49.